The molecule has 3 rings (SSSR count). The smallest absolute Gasteiger partial charge is 0.272 e. The fourth-order valence-corrected chi connectivity index (χ4v) is 2.75. The molecule has 0 unspecified atom stereocenters. The molecule has 0 radical (unpaired) electrons. The molecule has 2 heterocycles. The third kappa shape index (κ3) is 4.06. The number of aromatic nitrogens is 2. The van der Waals surface area contributed by atoms with E-state index in [1.165, 1.54) is 0 Å². The number of hydrogen-bond acceptors (Lipinski definition) is 6. The van der Waals surface area contributed by atoms with Crippen LogP contribution in [0.15, 0.2) is 30.5 Å². The van der Waals surface area contributed by atoms with Crippen molar-refractivity contribution in [2.24, 2.45) is 0 Å². The average Bonchev–Trinajstić information content (AvgIpc) is 2.62. The molecule has 1 N–H and O–H groups in total. The number of methoxy groups -OCH3 is 1. The van der Waals surface area contributed by atoms with Crippen LogP contribution in [-0.4, -0.2) is 66.0 Å². The molecule has 25 heavy (non-hydrogen) atoms. The standard InChI is InChI=1S/C18H23N5O2/c1-13-4-5-16(25-3)15(12-13)21-18-19-7-6-14(20-18)17(24)23-10-8-22(2)9-11-23/h4-7,12H,8-11H2,1-3H3,(H,19,20,21). The first-order valence-corrected chi connectivity index (χ1v) is 8.29. The molecule has 1 amide bonds. The molecule has 1 fully saturated rings. The van der Waals surface area contributed by atoms with Crippen molar-refractivity contribution in [2.75, 3.05) is 45.7 Å². The molecule has 0 spiro atoms. The van der Waals surface area contributed by atoms with E-state index < -0.39 is 0 Å². The Kier molecular flexibility index (Phi) is 5.14. The van der Waals surface area contributed by atoms with Crippen LogP contribution in [0.5, 0.6) is 5.75 Å². The van der Waals surface area contributed by atoms with Crippen LogP contribution < -0.4 is 10.1 Å². The van der Waals surface area contributed by atoms with Crippen LogP contribution in [0.3, 0.4) is 0 Å². The van der Waals surface area contributed by atoms with Crippen molar-refractivity contribution in [2.45, 2.75) is 6.92 Å². The predicted octanol–water partition coefficient (Wildman–Crippen LogP) is 1.92. The predicted molar refractivity (Wildman–Crippen MR) is 96.4 cm³/mol. The van der Waals surface area contributed by atoms with E-state index in [1.54, 1.807) is 19.4 Å². The molecule has 0 saturated carbocycles. The highest BCUT2D eigenvalue weighted by molar-refractivity contribution is 5.92. The van der Waals surface area contributed by atoms with Gasteiger partial charge < -0.3 is 19.9 Å². The van der Waals surface area contributed by atoms with Crippen LogP contribution in [0, 0.1) is 6.92 Å². The zero-order valence-electron chi connectivity index (χ0n) is 14.8. The fraction of sp³-hybridized carbons (Fsp3) is 0.389. The Bertz CT molecular complexity index is 757. The summed E-state index contributed by atoms with van der Waals surface area (Å²) in [6.07, 6.45) is 1.60. The second-order valence-corrected chi connectivity index (χ2v) is 6.19. The fourth-order valence-electron chi connectivity index (χ4n) is 2.75. The third-order valence-corrected chi connectivity index (χ3v) is 4.27. The highest BCUT2D eigenvalue weighted by Crippen LogP contribution is 2.27. The highest BCUT2D eigenvalue weighted by atomic mass is 16.5. The molecule has 7 heteroatoms. The molecule has 1 aliphatic heterocycles. The Morgan fingerprint density at radius 2 is 1.96 bits per heavy atom. The van der Waals surface area contributed by atoms with Gasteiger partial charge in [0.05, 0.1) is 12.8 Å². The number of nitrogens with one attached hydrogen (secondary N) is 1. The summed E-state index contributed by atoms with van der Waals surface area (Å²) < 4.78 is 5.36. The third-order valence-electron chi connectivity index (χ3n) is 4.27. The highest BCUT2D eigenvalue weighted by Gasteiger charge is 2.21. The van der Waals surface area contributed by atoms with Gasteiger partial charge in [0.1, 0.15) is 11.4 Å². The van der Waals surface area contributed by atoms with E-state index in [-0.39, 0.29) is 5.91 Å². The van der Waals surface area contributed by atoms with Crippen molar-refractivity contribution < 1.29 is 9.53 Å². The average molecular weight is 341 g/mol. The molecule has 1 saturated heterocycles. The van der Waals surface area contributed by atoms with E-state index in [0.717, 1.165) is 24.3 Å². The van der Waals surface area contributed by atoms with Crippen LogP contribution in [0.25, 0.3) is 0 Å². The number of carbonyl (C=O) groups excluding carboxylic acids is 1. The maximum Gasteiger partial charge on any atom is 0.272 e. The minimum Gasteiger partial charge on any atom is -0.495 e. The summed E-state index contributed by atoms with van der Waals surface area (Å²) in [7, 11) is 3.67. The minimum atomic E-state index is -0.0604. The zero-order valence-corrected chi connectivity index (χ0v) is 14.8. The summed E-state index contributed by atoms with van der Waals surface area (Å²) in [4.78, 5) is 25.3. The quantitative estimate of drug-likeness (QED) is 0.916. The van der Waals surface area contributed by atoms with Gasteiger partial charge in [-0.2, -0.15) is 0 Å². The number of piperazine rings is 1. The monoisotopic (exact) mass is 341 g/mol. The van der Waals surface area contributed by atoms with Gasteiger partial charge in [-0.05, 0) is 37.7 Å². The first-order chi connectivity index (χ1) is 12.1. The molecule has 2 aromatic rings. The molecule has 1 aliphatic rings. The Labute approximate surface area is 147 Å². The van der Waals surface area contributed by atoms with Crippen molar-refractivity contribution in [1.29, 1.82) is 0 Å². The Hall–Kier alpha value is -2.67. The van der Waals surface area contributed by atoms with Crippen LogP contribution >= 0.6 is 0 Å². The first kappa shape index (κ1) is 17.2. The number of hydrogen-bond donors (Lipinski definition) is 1. The molecule has 0 aliphatic carbocycles. The molecule has 1 aromatic carbocycles. The van der Waals surface area contributed by atoms with E-state index in [4.69, 9.17) is 4.74 Å². The van der Waals surface area contributed by atoms with Crippen molar-refractivity contribution in [3.05, 3.63) is 41.7 Å². The van der Waals surface area contributed by atoms with Gasteiger partial charge in [0.2, 0.25) is 5.95 Å². The summed E-state index contributed by atoms with van der Waals surface area (Å²) in [6.45, 7) is 5.19. The largest absolute Gasteiger partial charge is 0.495 e. The maximum atomic E-state index is 12.7. The zero-order chi connectivity index (χ0) is 17.8. The first-order valence-electron chi connectivity index (χ1n) is 8.29. The number of likely N-dealkylation sites (N-methyl/N-ethyl adjacent to an activating group) is 1. The van der Waals surface area contributed by atoms with Crippen LogP contribution in [0.4, 0.5) is 11.6 Å². The van der Waals surface area contributed by atoms with Gasteiger partial charge in [-0.3, -0.25) is 4.79 Å². The lowest BCUT2D eigenvalue weighted by atomic mass is 10.2. The molecular formula is C18H23N5O2. The van der Waals surface area contributed by atoms with E-state index in [9.17, 15) is 4.79 Å². The van der Waals surface area contributed by atoms with Crippen molar-refractivity contribution >= 4 is 17.5 Å². The minimum absolute atomic E-state index is 0.0604. The molecule has 7 nitrogen and oxygen atoms in total. The number of ether oxygens (including phenoxy) is 1. The van der Waals surface area contributed by atoms with Crippen molar-refractivity contribution in [3.63, 3.8) is 0 Å². The summed E-state index contributed by atoms with van der Waals surface area (Å²) in [5.74, 6) is 1.02. The van der Waals surface area contributed by atoms with E-state index >= 15 is 0 Å². The van der Waals surface area contributed by atoms with E-state index in [0.29, 0.717) is 30.5 Å². The van der Waals surface area contributed by atoms with E-state index in [1.807, 2.05) is 30.0 Å². The van der Waals surface area contributed by atoms with Gasteiger partial charge in [-0.1, -0.05) is 6.07 Å². The molecule has 132 valence electrons. The second-order valence-electron chi connectivity index (χ2n) is 6.19. The maximum absolute atomic E-state index is 12.7. The van der Waals surface area contributed by atoms with Gasteiger partial charge in [-0.15, -0.1) is 0 Å². The molecule has 0 atom stereocenters. The van der Waals surface area contributed by atoms with Crippen molar-refractivity contribution in [1.82, 2.24) is 19.8 Å². The van der Waals surface area contributed by atoms with E-state index in [2.05, 4.69) is 27.2 Å². The number of anilines is 2. The normalized spacial score (nSPS) is 15.1. The van der Waals surface area contributed by atoms with Crippen LogP contribution in [0.2, 0.25) is 0 Å². The number of benzene rings is 1. The van der Waals surface area contributed by atoms with Gasteiger partial charge >= 0.3 is 0 Å². The van der Waals surface area contributed by atoms with Crippen molar-refractivity contribution in [3.8, 4) is 5.75 Å². The summed E-state index contributed by atoms with van der Waals surface area (Å²) in [6, 6.07) is 7.46. The summed E-state index contributed by atoms with van der Waals surface area (Å²) in [5.41, 5.74) is 2.26. The Balaban J connectivity index is 1.78. The summed E-state index contributed by atoms with van der Waals surface area (Å²) in [5, 5.41) is 3.14. The molecule has 0 bridgehead atoms. The van der Waals surface area contributed by atoms with Gasteiger partial charge in [-0.25, -0.2) is 9.97 Å². The Morgan fingerprint density at radius 1 is 1.20 bits per heavy atom. The molecular weight excluding hydrogens is 318 g/mol. The number of aryl methyl sites for hydroxylation is 1. The number of amides is 1. The molecule has 1 aromatic heterocycles. The van der Waals surface area contributed by atoms with Crippen LogP contribution in [-0.2, 0) is 0 Å². The van der Waals surface area contributed by atoms with Gasteiger partial charge in [0.15, 0.2) is 0 Å². The van der Waals surface area contributed by atoms with Crippen LogP contribution in [0.1, 0.15) is 16.1 Å². The lowest BCUT2D eigenvalue weighted by molar-refractivity contribution is 0.0658. The number of carbonyl (C=O) groups is 1. The number of nitrogens with zero attached hydrogens (tertiary/aromatic N) is 4. The lowest BCUT2D eigenvalue weighted by Gasteiger charge is -2.32. The Morgan fingerprint density at radius 3 is 2.68 bits per heavy atom. The number of rotatable bonds is 4. The van der Waals surface area contributed by atoms with Gasteiger partial charge in [0, 0.05) is 32.4 Å². The summed E-state index contributed by atoms with van der Waals surface area (Å²) >= 11 is 0. The second kappa shape index (κ2) is 7.48. The SMILES string of the molecule is COc1ccc(C)cc1Nc1nccc(C(=O)N2CCN(C)CC2)n1. The van der Waals surface area contributed by atoms with Gasteiger partial charge in [0.25, 0.3) is 5.91 Å². The topological polar surface area (TPSA) is 70.6 Å². The lowest BCUT2D eigenvalue weighted by Crippen LogP contribution is -2.47.